The molecule has 0 aromatic carbocycles. The van der Waals surface area contributed by atoms with Crippen LogP contribution in [0.1, 0.15) is 26.7 Å². The van der Waals surface area contributed by atoms with Crippen molar-refractivity contribution in [2.75, 3.05) is 46.4 Å². The average molecular weight is 257 g/mol. The molecule has 1 saturated heterocycles. The molecule has 0 bridgehead atoms. The largest absolute Gasteiger partial charge is 0.383 e. The molecule has 0 aromatic rings. The molecule has 0 aromatic heterocycles. The number of carbonyl (C=O) groups is 1. The Morgan fingerprint density at radius 3 is 2.56 bits per heavy atom. The maximum absolute atomic E-state index is 12.4. The summed E-state index contributed by atoms with van der Waals surface area (Å²) in [6.07, 6.45) is 2.37. The fourth-order valence-electron chi connectivity index (χ4n) is 2.34. The molecule has 1 N–H and O–H groups in total. The third-order valence-electron chi connectivity index (χ3n) is 3.47. The van der Waals surface area contributed by atoms with E-state index in [9.17, 15) is 4.79 Å². The van der Waals surface area contributed by atoms with Gasteiger partial charge >= 0.3 is 6.03 Å². The maximum atomic E-state index is 12.4. The van der Waals surface area contributed by atoms with Gasteiger partial charge in [-0.05, 0) is 33.2 Å². The number of carbonyl (C=O) groups excluding carboxylic acids is 1. The van der Waals surface area contributed by atoms with Gasteiger partial charge in [0, 0.05) is 39.3 Å². The molecular formula is C13H27N3O2. The number of urea groups is 1. The third kappa shape index (κ3) is 4.46. The van der Waals surface area contributed by atoms with E-state index < -0.39 is 0 Å². The molecule has 1 heterocycles. The van der Waals surface area contributed by atoms with Crippen LogP contribution in [0.15, 0.2) is 0 Å². The average Bonchev–Trinajstić information content (AvgIpc) is 2.88. The number of amides is 2. The number of methoxy groups -OCH3 is 1. The molecule has 1 fully saturated rings. The summed E-state index contributed by atoms with van der Waals surface area (Å²) in [7, 11) is 1.67. The van der Waals surface area contributed by atoms with Crippen molar-refractivity contribution in [1.29, 1.82) is 0 Å². The molecule has 1 atom stereocenters. The second-order valence-corrected chi connectivity index (χ2v) is 4.69. The van der Waals surface area contributed by atoms with Crippen molar-refractivity contribution in [2.45, 2.75) is 32.7 Å². The van der Waals surface area contributed by atoms with Gasteiger partial charge in [-0.25, -0.2) is 4.79 Å². The van der Waals surface area contributed by atoms with Crippen LogP contribution in [0.5, 0.6) is 0 Å². The first-order valence-corrected chi connectivity index (χ1v) is 6.99. The van der Waals surface area contributed by atoms with Gasteiger partial charge in [0.25, 0.3) is 0 Å². The van der Waals surface area contributed by atoms with Gasteiger partial charge in [-0.3, -0.25) is 0 Å². The Hall–Kier alpha value is -0.810. The Bertz CT molecular complexity index is 238. The molecule has 18 heavy (non-hydrogen) atoms. The lowest BCUT2D eigenvalue weighted by atomic mass is 10.2. The van der Waals surface area contributed by atoms with E-state index in [1.807, 2.05) is 23.6 Å². The van der Waals surface area contributed by atoms with Gasteiger partial charge in [-0.15, -0.1) is 0 Å². The van der Waals surface area contributed by atoms with Crippen molar-refractivity contribution in [1.82, 2.24) is 15.1 Å². The molecule has 5 heteroatoms. The number of rotatable bonds is 7. The van der Waals surface area contributed by atoms with Crippen LogP contribution in [-0.2, 0) is 4.74 Å². The molecule has 0 saturated carbocycles. The van der Waals surface area contributed by atoms with Gasteiger partial charge in [-0.1, -0.05) is 0 Å². The van der Waals surface area contributed by atoms with Crippen LogP contribution in [-0.4, -0.2) is 68.3 Å². The van der Waals surface area contributed by atoms with Crippen LogP contribution in [0.3, 0.4) is 0 Å². The predicted molar refractivity (Wildman–Crippen MR) is 72.8 cm³/mol. The molecule has 1 aliphatic rings. The van der Waals surface area contributed by atoms with E-state index in [-0.39, 0.29) is 6.03 Å². The fourth-order valence-corrected chi connectivity index (χ4v) is 2.34. The van der Waals surface area contributed by atoms with Gasteiger partial charge < -0.3 is 19.9 Å². The fraction of sp³-hybridized carbons (Fsp3) is 0.923. The van der Waals surface area contributed by atoms with E-state index in [0.717, 1.165) is 32.6 Å². The highest BCUT2D eigenvalue weighted by Crippen LogP contribution is 2.09. The first-order valence-electron chi connectivity index (χ1n) is 6.99. The zero-order valence-electron chi connectivity index (χ0n) is 11.9. The second kappa shape index (κ2) is 8.32. The van der Waals surface area contributed by atoms with E-state index in [1.54, 1.807) is 7.11 Å². The molecular weight excluding hydrogens is 230 g/mol. The Labute approximate surface area is 110 Å². The van der Waals surface area contributed by atoms with Gasteiger partial charge in [-0.2, -0.15) is 0 Å². The van der Waals surface area contributed by atoms with E-state index in [4.69, 9.17) is 4.74 Å². The monoisotopic (exact) mass is 257 g/mol. The first kappa shape index (κ1) is 15.2. The summed E-state index contributed by atoms with van der Waals surface area (Å²) >= 11 is 0. The topological polar surface area (TPSA) is 44.8 Å². The summed E-state index contributed by atoms with van der Waals surface area (Å²) in [5.41, 5.74) is 0. The first-order chi connectivity index (χ1) is 8.72. The Balaban J connectivity index is 2.54. The molecule has 0 aliphatic carbocycles. The van der Waals surface area contributed by atoms with Crippen molar-refractivity contribution >= 4 is 6.03 Å². The lowest BCUT2D eigenvalue weighted by molar-refractivity contribution is 0.123. The van der Waals surface area contributed by atoms with Crippen molar-refractivity contribution < 1.29 is 9.53 Å². The van der Waals surface area contributed by atoms with Crippen LogP contribution in [0.25, 0.3) is 0 Å². The van der Waals surface area contributed by atoms with Crippen molar-refractivity contribution in [3.8, 4) is 0 Å². The Kier molecular flexibility index (Phi) is 7.05. The highest BCUT2D eigenvalue weighted by molar-refractivity contribution is 5.74. The van der Waals surface area contributed by atoms with E-state index in [1.165, 1.54) is 6.42 Å². The standard InChI is InChI=1S/C13H27N3O2/c1-4-15(5-2)13(17)16(9-10-18-3)11-12-7-6-8-14-12/h12,14H,4-11H2,1-3H3. The Morgan fingerprint density at radius 2 is 2.06 bits per heavy atom. The summed E-state index contributed by atoms with van der Waals surface area (Å²) in [5, 5.41) is 3.44. The minimum atomic E-state index is 0.130. The second-order valence-electron chi connectivity index (χ2n) is 4.69. The third-order valence-corrected chi connectivity index (χ3v) is 3.47. The summed E-state index contributed by atoms with van der Waals surface area (Å²) in [5.74, 6) is 0. The molecule has 1 rings (SSSR count). The SMILES string of the molecule is CCN(CC)C(=O)N(CCOC)CC1CCCN1. The highest BCUT2D eigenvalue weighted by atomic mass is 16.5. The zero-order chi connectivity index (χ0) is 13.4. The number of hydrogen-bond donors (Lipinski definition) is 1. The van der Waals surface area contributed by atoms with Crippen LogP contribution in [0, 0.1) is 0 Å². The van der Waals surface area contributed by atoms with Gasteiger partial charge in [0.05, 0.1) is 6.61 Å². The number of ether oxygens (including phenoxy) is 1. The van der Waals surface area contributed by atoms with Gasteiger partial charge in [0.1, 0.15) is 0 Å². The number of hydrogen-bond acceptors (Lipinski definition) is 3. The molecule has 1 unspecified atom stereocenters. The molecule has 106 valence electrons. The van der Waals surface area contributed by atoms with Crippen LogP contribution in [0.4, 0.5) is 4.79 Å². The smallest absolute Gasteiger partial charge is 0.320 e. The van der Waals surface area contributed by atoms with Crippen LogP contribution >= 0.6 is 0 Å². The van der Waals surface area contributed by atoms with Gasteiger partial charge in [0.2, 0.25) is 0 Å². The number of nitrogens with one attached hydrogen (secondary N) is 1. The molecule has 0 radical (unpaired) electrons. The number of nitrogens with zero attached hydrogens (tertiary/aromatic N) is 2. The maximum Gasteiger partial charge on any atom is 0.320 e. The molecule has 5 nitrogen and oxygen atoms in total. The van der Waals surface area contributed by atoms with E-state index >= 15 is 0 Å². The van der Waals surface area contributed by atoms with Crippen LogP contribution < -0.4 is 5.32 Å². The lowest BCUT2D eigenvalue weighted by Crippen LogP contribution is -2.48. The minimum Gasteiger partial charge on any atom is -0.383 e. The molecule has 1 aliphatic heterocycles. The summed E-state index contributed by atoms with van der Waals surface area (Å²) in [4.78, 5) is 16.1. The quantitative estimate of drug-likeness (QED) is 0.744. The van der Waals surface area contributed by atoms with Crippen molar-refractivity contribution in [3.05, 3.63) is 0 Å². The van der Waals surface area contributed by atoms with Crippen molar-refractivity contribution in [3.63, 3.8) is 0 Å². The Morgan fingerprint density at radius 1 is 1.33 bits per heavy atom. The summed E-state index contributed by atoms with van der Waals surface area (Å²) < 4.78 is 5.10. The zero-order valence-corrected chi connectivity index (χ0v) is 11.9. The summed E-state index contributed by atoms with van der Waals surface area (Å²) in [6, 6.07) is 0.576. The minimum absolute atomic E-state index is 0.130. The van der Waals surface area contributed by atoms with Crippen LogP contribution in [0.2, 0.25) is 0 Å². The summed E-state index contributed by atoms with van der Waals surface area (Å²) in [6.45, 7) is 8.69. The molecule has 2 amide bonds. The van der Waals surface area contributed by atoms with E-state index in [0.29, 0.717) is 19.2 Å². The van der Waals surface area contributed by atoms with Gasteiger partial charge in [0.15, 0.2) is 0 Å². The predicted octanol–water partition coefficient (Wildman–Crippen LogP) is 1.15. The normalized spacial score (nSPS) is 18.9. The van der Waals surface area contributed by atoms with Crippen molar-refractivity contribution in [2.24, 2.45) is 0 Å². The van der Waals surface area contributed by atoms with E-state index in [2.05, 4.69) is 5.32 Å². The highest BCUT2D eigenvalue weighted by Gasteiger charge is 2.23. The lowest BCUT2D eigenvalue weighted by Gasteiger charge is -2.31. The molecule has 0 spiro atoms.